The predicted octanol–water partition coefficient (Wildman–Crippen LogP) is 5.70. The first-order chi connectivity index (χ1) is 19.6. The number of nitrogens with zero attached hydrogens (tertiary/aromatic N) is 3. The van der Waals surface area contributed by atoms with E-state index >= 15 is 0 Å². The molecular formula is C30H29ClF2N6O2. The topological polar surface area (TPSA) is 127 Å². The van der Waals surface area contributed by atoms with Gasteiger partial charge in [-0.05, 0) is 66.8 Å². The second kappa shape index (κ2) is 11.7. The molecule has 2 aromatic carbocycles. The van der Waals surface area contributed by atoms with Crippen molar-refractivity contribution in [2.45, 2.75) is 38.6 Å². The standard InChI is InChI=1S/C30H29ClF2N6O2/c1-16-3-2-4-25(39-12-10-18(14-26(39)40)27-22(32)8-7-21(31)28(27)33)24-13-17(9-11-36-24)20-6-5-19(37-30(34)35)15-23(20)38-29(16)41/h5-9,11,13-16,25H,2-4,10,12H2,1H3,(H,38,41)(H4,34,35,37). The summed E-state index contributed by atoms with van der Waals surface area (Å²) in [5.74, 6) is -2.58. The Morgan fingerprint density at radius 3 is 2.68 bits per heavy atom. The minimum Gasteiger partial charge on any atom is -0.370 e. The molecule has 1 aromatic heterocycles. The van der Waals surface area contributed by atoms with Gasteiger partial charge < -0.3 is 21.7 Å². The maximum atomic E-state index is 14.7. The lowest BCUT2D eigenvalue weighted by atomic mass is 9.92. The molecule has 5 rings (SSSR count). The molecule has 2 unspecified atom stereocenters. The zero-order chi connectivity index (χ0) is 29.3. The fourth-order valence-electron chi connectivity index (χ4n) is 5.36. The van der Waals surface area contributed by atoms with Gasteiger partial charge >= 0.3 is 0 Å². The molecular weight excluding hydrogens is 550 g/mol. The van der Waals surface area contributed by atoms with Crippen molar-refractivity contribution in [1.29, 1.82) is 0 Å². The highest BCUT2D eigenvalue weighted by Gasteiger charge is 2.31. The van der Waals surface area contributed by atoms with Crippen molar-refractivity contribution in [3.63, 3.8) is 0 Å². The number of carbonyl (C=O) groups excluding carboxylic acids is 2. The number of nitrogens with two attached hydrogens (primary N) is 2. The Balaban J connectivity index is 1.54. The van der Waals surface area contributed by atoms with Crippen molar-refractivity contribution in [3.05, 3.63) is 82.7 Å². The summed E-state index contributed by atoms with van der Waals surface area (Å²) in [6, 6.07) is 10.8. The summed E-state index contributed by atoms with van der Waals surface area (Å²) in [6.07, 6.45) is 4.95. The summed E-state index contributed by atoms with van der Waals surface area (Å²) >= 11 is 5.89. The molecule has 0 fully saturated rings. The van der Waals surface area contributed by atoms with Crippen molar-refractivity contribution in [3.8, 4) is 11.1 Å². The number of hydrogen-bond donors (Lipinski definition) is 3. The molecule has 3 heterocycles. The van der Waals surface area contributed by atoms with Crippen LogP contribution in [0.3, 0.4) is 0 Å². The molecule has 2 bridgehead atoms. The van der Waals surface area contributed by atoms with Crippen molar-refractivity contribution in [2.75, 3.05) is 11.9 Å². The van der Waals surface area contributed by atoms with E-state index < -0.39 is 17.7 Å². The highest BCUT2D eigenvalue weighted by molar-refractivity contribution is 6.31. The fourth-order valence-corrected chi connectivity index (χ4v) is 5.51. The third kappa shape index (κ3) is 5.92. The van der Waals surface area contributed by atoms with Gasteiger partial charge in [0.05, 0.1) is 33.7 Å². The van der Waals surface area contributed by atoms with E-state index in [0.717, 1.165) is 23.3 Å². The van der Waals surface area contributed by atoms with Crippen LogP contribution >= 0.6 is 11.6 Å². The van der Waals surface area contributed by atoms with E-state index in [1.807, 2.05) is 25.1 Å². The molecule has 41 heavy (non-hydrogen) atoms. The number of guanidine groups is 1. The van der Waals surface area contributed by atoms with Crippen molar-refractivity contribution in [1.82, 2.24) is 9.88 Å². The summed E-state index contributed by atoms with van der Waals surface area (Å²) in [5.41, 5.74) is 14.3. The van der Waals surface area contributed by atoms with Gasteiger partial charge in [0.2, 0.25) is 11.8 Å². The van der Waals surface area contributed by atoms with Crippen LogP contribution in [0.25, 0.3) is 16.7 Å². The summed E-state index contributed by atoms with van der Waals surface area (Å²) in [4.78, 5) is 36.9. The van der Waals surface area contributed by atoms with Gasteiger partial charge in [0.25, 0.3) is 0 Å². The highest BCUT2D eigenvalue weighted by Crippen LogP contribution is 2.38. The number of hydrogen-bond acceptors (Lipinski definition) is 4. The third-order valence-corrected chi connectivity index (χ3v) is 7.75. The lowest BCUT2D eigenvalue weighted by molar-refractivity contribution is -0.129. The van der Waals surface area contributed by atoms with Crippen molar-refractivity contribution >= 4 is 46.3 Å². The van der Waals surface area contributed by atoms with Crippen LogP contribution in [0.5, 0.6) is 0 Å². The Labute approximate surface area is 241 Å². The number of fused-ring (bicyclic) bond motifs is 4. The number of anilines is 1. The number of amides is 2. The number of rotatable bonds is 3. The van der Waals surface area contributed by atoms with E-state index in [0.29, 0.717) is 36.3 Å². The Bertz CT molecular complexity index is 1590. The fraction of sp³-hybridized carbons (Fsp3) is 0.267. The highest BCUT2D eigenvalue weighted by atomic mass is 35.5. The zero-order valence-electron chi connectivity index (χ0n) is 22.3. The van der Waals surface area contributed by atoms with Gasteiger partial charge in [-0.2, -0.15) is 0 Å². The number of carbonyl (C=O) groups is 2. The molecule has 3 aromatic rings. The van der Waals surface area contributed by atoms with Crippen LogP contribution in [0.15, 0.2) is 59.7 Å². The van der Waals surface area contributed by atoms with E-state index in [2.05, 4.69) is 15.3 Å². The first-order valence-electron chi connectivity index (χ1n) is 13.3. The molecule has 11 heteroatoms. The lowest BCUT2D eigenvalue weighted by Gasteiger charge is -2.34. The Morgan fingerprint density at radius 1 is 1.12 bits per heavy atom. The molecule has 2 aliphatic rings. The van der Waals surface area contributed by atoms with Crippen LogP contribution in [0.1, 0.15) is 49.9 Å². The van der Waals surface area contributed by atoms with Crippen molar-refractivity contribution < 1.29 is 18.4 Å². The van der Waals surface area contributed by atoms with Gasteiger partial charge in [-0.25, -0.2) is 13.8 Å². The predicted molar refractivity (Wildman–Crippen MR) is 155 cm³/mol. The second-order valence-electron chi connectivity index (χ2n) is 10.2. The first kappa shape index (κ1) is 28.2. The summed E-state index contributed by atoms with van der Waals surface area (Å²) in [5, 5.41) is 2.81. The third-order valence-electron chi connectivity index (χ3n) is 7.46. The van der Waals surface area contributed by atoms with Gasteiger partial charge in [0.1, 0.15) is 5.82 Å². The van der Waals surface area contributed by atoms with E-state index in [1.54, 1.807) is 23.2 Å². The number of halogens is 3. The molecule has 0 saturated heterocycles. The molecule has 0 saturated carbocycles. The summed E-state index contributed by atoms with van der Waals surface area (Å²) < 4.78 is 29.2. The van der Waals surface area contributed by atoms with Crippen LogP contribution in [0.4, 0.5) is 20.2 Å². The molecule has 212 valence electrons. The first-order valence-corrected chi connectivity index (χ1v) is 13.7. The normalized spacial score (nSPS) is 19.3. The molecule has 2 aliphatic heterocycles. The Hall–Kier alpha value is -4.31. The minimum atomic E-state index is -0.881. The van der Waals surface area contributed by atoms with Crippen molar-refractivity contribution in [2.24, 2.45) is 22.4 Å². The largest absolute Gasteiger partial charge is 0.370 e. The van der Waals surface area contributed by atoms with Crippen LogP contribution in [0, 0.1) is 17.6 Å². The molecule has 2 atom stereocenters. The number of pyridine rings is 1. The Morgan fingerprint density at radius 2 is 1.93 bits per heavy atom. The smallest absolute Gasteiger partial charge is 0.247 e. The Kier molecular flexibility index (Phi) is 8.03. The van der Waals surface area contributed by atoms with E-state index in [-0.39, 0.29) is 52.8 Å². The maximum Gasteiger partial charge on any atom is 0.247 e. The molecule has 0 spiro atoms. The number of aromatic nitrogens is 1. The number of benzene rings is 2. The number of aliphatic imine (C=N–C) groups is 1. The average molecular weight is 579 g/mol. The molecule has 8 nitrogen and oxygen atoms in total. The quantitative estimate of drug-likeness (QED) is 0.209. The van der Waals surface area contributed by atoms with Crippen LogP contribution < -0.4 is 16.8 Å². The van der Waals surface area contributed by atoms with Crippen LogP contribution in [0.2, 0.25) is 5.02 Å². The van der Waals surface area contributed by atoms with Crippen LogP contribution in [-0.2, 0) is 9.59 Å². The van der Waals surface area contributed by atoms with Gasteiger partial charge in [-0.15, -0.1) is 0 Å². The zero-order valence-corrected chi connectivity index (χ0v) is 23.1. The molecule has 2 amide bonds. The maximum absolute atomic E-state index is 14.7. The molecule has 0 aliphatic carbocycles. The monoisotopic (exact) mass is 578 g/mol. The minimum absolute atomic E-state index is 0.101. The average Bonchev–Trinajstić information content (AvgIpc) is 2.93. The van der Waals surface area contributed by atoms with Gasteiger partial charge in [-0.3, -0.25) is 14.6 Å². The molecule has 5 N–H and O–H groups in total. The van der Waals surface area contributed by atoms with E-state index in [4.69, 9.17) is 23.1 Å². The lowest BCUT2D eigenvalue weighted by Crippen LogP contribution is -2.38. The van der Waals surface area contributed by atoms with E-state index in [1.165, 1.54) is 6.08 Å². The van der Waals surface area contributed by atoms with Gasteiger partial charge in [-0.1, -0.05) is 31.0 Å². The summed E-state index contributed by atoms with van der Waals surface area (Å²) in [7, 11) is 0. The number of nitrogens with one attached hydrogen (secondary N) is 1. The van der Waals surface area contributed by atoms with Gasteiger partial charge in [0, 0.05) is 30.3 Å². The second-order valence-corrected chi connectivity index (χ2v) is 10.6. The van der Waals surface area contributed by atoms with E-state index in [9.17, 15) is 18.4 Å². The summed E-state index contributed by atoms with van der Waals surface area (Å²) in [6.45, 7) is 2.09. The SMILES string of the molecule is CC1CCCC(N2CCC(c3c(F)ccc(Cl)c3F)=CC2=O)c2cc(ccn2)-c2ccc(N=C(N)N)cc2NC1=O. The van der Waals surface area contributed by atoms with Gasteiger partial charge in [0.15, 0.2) is 11.8 Å². The molecule has 0 radical (unpaired) electrons. The van der Waals surface area contributed by atoms with Crippen LogP contribution in [-0.4, -0.2) is 34.2 Å².